The molecule has 1 atom stereocenters. The van der Waals surface area contributed by atoms with E-state index < -0.39 is 0 Å². The Balaban J connectivity index is 2.28. The minimum atomic E-state index is 0.419. The molecule has 2 nitrogen and oxygen atoms in total. The lowest BCUT2D eigenvalue weighted by Gasteiger charge is -2.28. The summed E-state index contributed by atoms with van der Waals surface area (Å²) in [6, 6.07) is 0.777. The summed E-state index contributed by atoms with van der Waals surface area (Å²) in [5.74, 6) is 0.419. The zero-order valence-corrected chi connectivity index (χ0v) is 11.0. The van der Waals surface area contributed by atoms with Crippen molar-refractivity contribution in [2.24, 2.45) is 0 Å². The Morgan fingerprint density at radius 1 is 1.25 bits per heavy atom. The van der Waals surface area contributed by atoms with Crippen LogP contribution in [-0.2, 0) is 4.79 Å². The minimum Gasteiger partial charge on any atom is -0.300 e. The summed E-state index contributed by atoms with van der Waals surface area (Å²) in [5.41, 5.74) is 0. The molecule has 0 aromatic heterocycles. The standard InChI is InChI=1S/C14H27NO/c1-3-13-9-6-5-7-11-15(13)12-8-10-14(16)4-2/h13H,3-12H2,1-2H3. The first-order valence-electron chi connectivity index (χ1n) is 7.03. The Bertz CT molecular complexity index is 203. The Morgan fingerprint density at radius 3 is 2.75 bits per heavy atom. The third kappa shape index (κ3) is 4.65. The maximum atomic E-state index is 11.3. The summed E-state index contributed by atoms with van der Waals surface area (Å²) in [6.45, 7) is 6.63. The van der Waals surface area contributed by atoms with E-state index in [1.54, 1.807) is 0 Å². The molecule has 1 fully saturated rings. The van der Waals surface area contributed by atoms with Gasteiger partial charge in [-0.3, -0.25) is 4.79 Å². The highest BCUT2D eigenvalue weighted by atomic mass is 16.1. The van der Waals surface area contributed by atoms with E-state index in [0.29, 0.717) is 12.2 Å². The van der Waals surface area contributed by atoms with Crippen molar-refractivity contribution in [2.45, 2.75) is 71.3 Å². The SMILES string of the molecule is CCC(=O)CCCN1CCCCCC1CC. The summed E-state index contributed by atoms with van der Waals surface area (Å²) in [7, 11) is 0. The number of rotatable bonds is 6. The van der Waals surface area contributed by atoms with Crippen LogP contribution in [0.5, 0.6) is 0 Å². The Labute approximate surface area is 100 Å². The summed E-state index contributed by atoms with van der Waals surface area (Å²) in [6.07, 6.45) is 9.30. The molecule has 0 amide bonds. The Kier molecular flexibility index (Phi) is 6.70. The van der Waals surface area contributed by atoms with Crippen molar-refractivity contribution in [2.75, 3.05) is 13.1 Å². The monoisotopic (exact) mass is 225 g/mol. The molecule has 0 aromatic rings. The van der Waals surface area contributed by atoms with Crippen molar-refractivity contribution in [1.29, 1.82) is 0 Å². The molecule has 1 aliphatic rings. The summed E-state index contributed by atoms with van der Waals surface area (Å²) >= 11 is 0. The van der Waals surface area contributed by atoms with Crippen molar-refractivity contribution >= 4 is 5.78 Å². The topological polar surface area (TPSA) is 20.3 Å². The van der Waals surface area contributed by atoms with Gasteiger partial charge in [0.1, 0.15) is 5.78 Å². The fraction of sp³-hybridized carbons (Fsp3) is 0.929. The molecule has 2 heteroatoms. The Hall–Kier alpha value is -0.370. The van der Waals surface area contributed by atoms with Crippen LogP contribution in [-0.4, -0.2) is 29.8 Å². The first-order valence-corrected chi connectivity index (χ1v) is 7.03. The molecule has 0 bridgehead atoms. The van der Waals surface area contributed by atoms with E-state index in [1.807, 2.05) is 6.92 Å². The van der Waals surface area contributed by atoms with Crippen LogP contribution in [0.15, 0.2) is 0 Å². The average molecular weight is 225 g/mol. The smallest absolute Gasteiger partial charge is 0.132 e. The lowest BCUT2D eigenvalue weighted by atomic mass is 10.1. The van der Waals surface area contributed by atoms with Gasteiger partial charge in [-0.2, -0.15) is 0 Å². The van der Waals surface area contributed by atoms with Crippen molar-refractivity contribution in [3.8, 4) is 0 Å². The molecule has 1 aliphatic heterocycles. The zero-order chi connectivity index (χ0) is 11.8. The minimum absolute atomic E-state index is 0.419. The maximum Gasteiger partial charge on any atom is 0.132 e. The number of ketones is 1. The molecule has 0 aliphatic carbocycles. The average Bonchev–Trinajstić information content (AvgIpc) is 2.53. The van der Waals surface area contributed by atoms with E-state index in [0.717, 1.165) is 25.4 Å². The van der Waals surface area contributed by atoms with Crippen LogP contribution in [0.1, 0.15) is 65.2 Å². The van der Waals surface area contributed by atoms with Gasteiger partial charge in [-0.15, -0.1) is 0 Å². The second-order valence-corrected chi connectivity index (χ2v) is 4.94. The summed E-state index contributed by atoms with van der Waals surface area (Å²) in [5, 5.41) is 0. The molecule has 0 aromatic carbocycles. The molecular weight excluding hydrogens is 198 g/mol. The van der Waals surface area contributed by atoms with Crippen molar-refractivity contribution < 1.29 is 4.79 Å². The van der Waals surface area contributed by atoms with Crippen LogP contribution in [0, 0.1) is 0 Å². The predicted octanol–water partition coefficient (Wildman–Crippen LogP) is 3.40. The molecule has 0 spiro atoms. The van der Waals surface area contributed by atoms with Crippen LogP contribution in [0.4, 0.5) is 0 Å². The van der Waals surface area contributed by atoms with Crippen LogP contribution in [0.3, 0.4) is 0 Å². The van der Waals surface area contributed by atoms with Crippen LogP contribution in [0.2, 0.25) is 0 Å². The molecule has 94 valence electrons. The molecule has 16 heavy (non-hydrogen) atoms. The fourth-order valence-corrected chi connectivity index (χ4v) is 2.65. The van der Waals surface area contributed by atoms with Crippen LogP contribution < -0.4 is 0 Å². The van der Waals surface area contributed by atoms with Crippen molar-refractivity contribution in [3.05, 3.63) is 0 Å². The molecule has 1 unspecified atom stereocenters. The summed E-state index contributed by atoms with van der Waals surface area (Å²) in [4.78, 5) is 13.9. The third-order valence-electron chi connectivity index (χ3n) is 3.77. The van der Waals surface area contributed by atoms with Gasteiger partial charge < -0.3 is 4.90 Å². The van der Waals surface area contributed by atoms with Gasteiger partial charge in [0.15, 0.2) is 0 Å². The molecule has 1 rings (SSSR count). The van der Waals surface area contributed by atoms with Gasteiger partial charge in [-0.05, 0) is 38.8 Å². The molecule has 1 saturated heterocycles. The van der Waals surface area contributed by atoms with Gasteiger partial charge in [0, 0.05) is 18.9 Å². The number of Topliss-reactive ketones (excluding diaryl/α,β-unsaturated/α-hetero) is 1. The number of nitrogens with zero attached hydrogens (tertiary/aromatic N) is 1. The fourth-order valence-electron chi connectivity index (χ4n) is 2.65. The van der Waals surface area contributed by atoms with E-state index in [9.17, 15) is 4.79 Å². The van der Waals surface area contributed by atoms with Gasteiger partial charge in [-0.25, -0.2) is 0 Å². The lowest BCUT2D eigenvalue weighted by molar-refractivity contribution is -0.118. The second kappa shape index (κ2) is 7.83. The molecule has 0 saturated carbocycles. The number of hydrogen-bond acceptors (Lipinski definition) is 2. The number of carbonyl (C=O) groups excluding carboxylic acids is 1. The van der Waals surface area contributed by atoms with E-state index in [-0.39, 0.29) is 0 Å². The highest BCUT2D eigenvalue weighted by Crippen LogP contribution is 2.19. The van der Waals surface area contributed by atoms with Crippen LogP contribution >= 0.6 is 0 Å². The van der Waals surface area contributed by atoms with Gasteiger partial charge in [0.05, 0.1) is 0 Å². The molecule has 0 N–H and O–H groups in total. The van der Waals surface area contributed by atoms with E-state index in [1.165, 1.54) is 38.6 Å². The highest BCUT2D eigenvalue weighted by molar-refractivity contribution is 5.77. The molecule has 0 radical (unpaired) electrons. The van der Waals surface area contributed by atoms with Crippen molar-refractivity contribution in [3.63, 3.8) is 0 Å². The highest BCUT2D eigenvalue weighted by Gasteiger charge is 2.18. The van der Waals surface area contributed by atoms with E-state index in [4.69, 9.17) is 0 Å². The number of carbonyl (C=O) groups is 1. The van der Waals surface area contributed by atoms with Gasteiger partial charge in [0.25, 0.3) is 0 Å². The zero-order valence-electron chi connectivity index (χ0n) is 11.0. The predicted molar refractivity (Wildman–Crippen MR) is 68.7 cm³/mol. The first-order chi connectivity index (χ1) is 7.77. The van der Waals surface area contributed by atoms with E-state index in [2.05, 4.69) is 11.8 Å². The second-order valence-electron chi connectivity index (χ2n) is 4.94. The normalized spacial score (nSPS) is 23.0. The molecular formula is C14H27NO. The largest absolute Gasteiger partial charge is 0.300 e. The van der Waals surface area contributed by atoms with Gasteiger partial charge in [-0.1, -0.05) is 26.7 Å². The Morgan fingerprint density at radius 2 is 2.06 bits per heavy atom. The number of hydrogen-bond donors (Lipinski definition) is 0. The van der Waals surface area contributed by atoms with Crippen molar-refractivity contribution in [1.82, 2.24) is 4.90 Å². The van der Waals surface area contributed by atoms with Gasteiger partial charge in [0.2, 0.25) is 0 Å². The van der Waals surface area contributed by atoms with Gasteiger partial charge >= 0.3 is 0 Å². The van der Waals surface area contributed by atoms with Crippen LogP contribution in [0.25, 0.3) is 0 Å². The summed E-state index contributed by atoms with van der Waals surface area (Å²) < 4.78 is 0. The van der Waals surface area contributed by atoms with E-state index >= 15 is 0 Å². The lowest BCUT2D eigenvalue weighted by Crippen LogP contribution is -2.35. The maximum absolute atomic E-state index is 11.3. The number of likely N-dealkylation sites (tertiary alicyclic amines) is 1. The third-order valence-corrected chi connectivity index (χ3v) is 3.77. The molecule has 1 heterocycles. The first kappa shape index (κ1) is 13.7. The quantitative estimate of drug-likeness (QED) is 0.690.